The van der Waals surface area contributed by atoms with E-state index in [4.69, 9.17) is 14.8 Å². The van der Waals surface area contributed by atoms with E-state index >= 15 is 0 Å². The summed E-state index contributed by atoms with van der Waals surface area (Å²) in [6.45, 7) is 2.81. The van der Waals surface area contributed by atoms with E-state index in [0.717, 1.165) is 56.7 Å². The molecule has 3 N–H and O–H groups in total. The third-order valence-corrected chi connectivity index (χ3v) is 6.30. The first-order chi connectivity index (χ1) is 15.9. The first-order valence-electron chi connectivity index (χ1n) is 11.6. The van der Waals surface area contributed by atoms with Crippen LogP contribution in [0.3, 0.4) is 0 Å². The van der Waals surface area contributed by atoms with Crippen molar-refractivity contribution in [3.05, 3.63) is 23.4 Å². The Balaban J connectivity index is 1.35. The molecule has 1 saturated heterocycles. The predicted octanol–water partition coefficient (Wildman–Crippen LogP) is 1.35. The lowest BCUT2D eigenvalue weighted by atomic mass is 9.99. The van der Waals surface area contributed by atoms with E-state index in [1.807, 2.05) is 7.05 Å². The molecule has 2 amide bonds. The standard InChI is InChI=1S/C23H35N5O5/c1-27(12-4-3-7-18-9-8-16-6-5-11-24-20(16)25-18)13-10-19(22(30)33-2)26-21(29)17-14-28(15-17)23(31)32/h8-9,17,19H,3-7,10-15H2,1-2H3,(H,24,25)(H,26,29)(H,31,32). The summed E-state index contributed by atoms with van der Waals surface area (Å²) in [6.07, 6.45) is 4.60. The summed E-state index contributed by atoms with van der Waals surface area (Å²) in [6, 6.07) is 3.56. The second kappa shape index (κ2) is 11.8. The highest BCUT2D eigenvalue weighted by molar-refractivity contribution is 5.87. The average Bonchev–Trinajstić information content (AvgIpc) is 2.77. The fourth-order valence-electron chi connectivity index (χ4n) is 4.14. The fraction of sp³-hybridized carbons (Fsp3) is 0.652. The quantitative estimate of drug-likeness (QED) is 0.333. The summed E-state index contributed by atoms with van der Waals surface area (Å²) in [4.78, 5) is 43.3. The topological polar surface area (TPSA) is 124 Å². The molecule has 0 radical (unpaired) electrons. The SMILES string of the molecule is COC(=O)C(CCN(C)CCCCc1ccc2c(n1)NCCC2)NC(=O)C1CN(C(=O)O)C1. The van der Waals surface area contributed by atoms with Gasteiger partial charge in [-0.2, -0.15) is 0 Å². The Labute approximate surface area is 194 Å². The molecule has 0 spiro atoms. The number of likely N-dealkylation sites (tertiary alicyclic amines) is 1. The van der Waals surface area contributed by atoms with E-state index in [1.165, 1.54) is 17.6 Å². The highest BCUT2D eigenvalue weighted by atomic mass is 16.5. The molecule has 2 aliphatic heterocycles. The monoisotopic (exact) mass is 461 g/mol. The van der Waals surface area contributed by atoms with Crippen LogP contribution in [0.5, 0.6) is 0 Å². The molecule has 1 fully saturated rings. The molecule has 3 heterocycles. The maximum atomic E-state index is 12.3. The summed E-state index contributed by atoms with van der Waals surface area (Å²) in [5.74, 6) is -0.182. The number of rotatable bonds is 11. The number of methoxy groups -OCH3 is 1. The van der Waals surface area contributed by atoms with Gasteiger partial charge < -0.3 is 30.3 Å². The van der Waals surface area contributed by atoms with Gasteiger partial charge in [-0.25, -0.2) is 14.6 Å². The minimum Gasteiger partial charge on any atom is -0.467 e. The third kappa shape index (κ3) is 7.05. The smallest absolute Gasteiger partial charge is 0.407 e. The van der Waals surface area contributed by atoms with Gasteiger partial charge in [-0.1, -0.05) is 6.07 Å². The molecule has 182 valence electrons. The van der Waals surface area contributed by atoms with Crippen molar-refractivity contribution in [2.45, 2.75) is 44.6 Å². The van der Waals surface area contributed by atoms with Gasteiger partial charge in [0.25, 0.3) is 0 Å². The zero-order chi connectivity index (χ0) is 23.8. The molecule has 0 aromatic carbocycles. The fourth-order valence-corrected chi connectivity index (χ4v) is 4.14. The summed E-state index contributed by atoms with van der Waals surface area (Å²) in [5.41, 5.74) is 2.41. The van der Waals surface area contributed by atoms with Gasteiger partial charge in [-0.3, -0.25) is 4.79 Å². The molecular weight excluding hydrogens is 426 g/mol. The van der Waals surface area contributed by atoms with Gasteiger partial charge in [0.15, 0.2) is 0 Å². The minimum absolute atomic E-state index is 0.157. The Morgan fingerprint density at radius 3 is 2.82 bits per heavy atom. The molecular formula is C23H35N5O5. The number of aryl methyl sites for hydroxylation is 2. The molecule has 3 rings (SSSR count). The zero-order valence-corrected chi connectivity index (χ0v) is 19.5. The first kappa shape index (κ1) is 24.8. The van der Waals surface area contributed by atoms with Crippen LogP contribution in [0.25, 0.3) is 0 Å². The number of amides is 2. The van der Waals surface area contributed by atoms with Gasteiger partial charge >= 0.3 is 12.1 Å². The van der Waals surface area contributed by atoms with E-state index in [1.54, 1.807) is 0 Å². The van der Waals surface area contributed by atoms with Crippen LogP contribution in [0.4, 0.5) is 10.6 Å². The number of carboxylic acid groups (broad SMARTS) is 1. The van der Waals surface area contributed by atoms with Gasteiger partial charge in [0, 0.05) is 31.9 Å². The van der Waals surface area contributed by atoms with Crippen molar-refractivity contribution in [1.29, 1.82) is 0 Å². The number of pyridine rings is 1. The lowest BCUT2D eigenvalue weighted by Gasteiger charge is -2.36. The van der Waals surface area contributed by atoms with Crippen LogP contribution in [-0.4, -0.2) is 90.8 Å². The average molecular weight is 462 g/mol. The molecule has 10 nitrogen and oxygen atoms in total. The van der Waals surface area contributed by atoms with Crippen LogP contribution >= 0.6 is 0 Å². The van der Waals surface area contributed by atoms with Crippen molar-refractivity contribution < 1.29 is 24.2 Å². The molecule has 2 aliphatic rings. The molecule has 10 heteroatoms. The first-order valence-corrected chi connectivity index (χ1v) is 11.6. The molecule has 0 aliphatic carbocycles. The molecule has 0 saturated carbocycles. The Morgan fingerprint density at radius 1 is 1.30 bits per heavy atom. The lowest BCUT2D eigenvalue weighted by molar-refractivity contribution is -0.146. The number of nitrogens with one attached hydrogen (secondary N) is 2. The highest BCUT2D eigenvalue weighted by Gasteiger charge is 2.37. The summed E-state index contributed by atoms with van der Waals surface area (Å²) in [7, 11) is 3.29. The maximum absolute atomic E-state index is 12.3. The number of nitrogens with zero attached hydrogens (tertiary/aromatic N) is 3. The van der Waals surface area contributed by atoms with Crippen molar-refractivity contribution >= 4 is 23.8 Å². The number of unbranched alkanes of at least 4 members (excludes halogenated alkanes) is 1. The number of carbonyl (C=O) groups is 3. The maximum Gasteiger partial charge on any atom is 0.407 e. The molecule has 33 heavy (non-hydrogen) atoms. The zero-order valence-electron chi connectivity index (χ0n) is 19.5. The lowest BCUT2D eigenvalue weighted by Crippen LogP contribution is -2.57. The minimum atomic E-state index is -1.04. The molecule has 1 aromatic rings. The number of hydrogen-bond acceptors (Lipinski definition) is 7. The Hall–Kier alpha value is -2.88. The van der Waals surface area contributed by atoms with Crippen LogP contribution in [0.15, 0.2) is 12.1 Å². The second-order valence-corrected chi connectivity index (χ2v) is 8.86. The Morgan fingerprint density at radius 2 is 2.09 bits per heavy atom. The van der Waals surface area contributed by atoms with Crippen molar-refractivity contribution in [1.82, 2.24) is 20.1 Å². The Bertz CT molecular complexity index is 843. The van der Waals surface area contributed by atoms with Gasteiger partial charge in [0.2, 0.25) is 5.91 Å². The van der Waals surface area contributed by atoms with Gasteiger partial charge in [0.1, 0.15) is 11.9 Å². The van der Waals surface area contributed by atoms with Crippen LogP contribution in [0.2, 0.25) is 0 Å². The summed E-state index contributed by atoms with van der Waals surface area (Å²) < 4.78 is 4.83. The number of anilines is 1. The van der Waals surface area contributed by atoms with E-state index in [2.05, 4.69) is 27.7 Å². The molecule has 1 unspecified atom stereocenters. The van der Waals surface area contributed by atoms with Crippen LogP contribution in [-0.2, 0) is 27.2 Å². The van der Waals surface area contributed by atoms with Crippen LogP contribution in [0.1, 0.15) is 36.9 Å². The van der Waals surface area contributed by atoms with Crippen molar-refractivity contribution in [3.63, 3.8) is 0 Å². The van der Waals surface area contributed by atoms with Crippen molar-refractivity contribution in [3.8, 4) is 0 Å². The van der Waals surface area contributed by atoms with Gasteiger partial charge in [-0.15, -0.1) is 0 Å². The number of fused-ring (bicyclic) bond motifs is 1. The van der Waals surface area contributed by atoms with Crippen LogP contribution in [0, 0.1) is 5.92 Å². The van der Waals surface area contributed by atoms with Crippen molar-refractivity contribution in [2.75, 3.05) is 52.2 Å². The number of hydrogen-bond donors (Lipinski definition) is 3. The third-order valence-electron chi connectivity index (χ3n) is 6.30. The largest absolute Gasteiger partial charge is 0.467 e. The summed E-state index contributed by atoms with van der Waals surface area (Å²) in [5, 5.41) is 15.0. The van der Waals surface area contributed by atoms with E-state index in [-0.39, 0.29) is 19.0 Å². The van der Waals surface area contributed by atoms with E-state index in [0.29, 0.717) is 13.0 Å². The van der Waals surface area contributed by atoms with E-state index < -0.39 is 24.0 Å². The summed E-state index contributed by atoms with van der Waals surface area (Å²) >= 11 is 0. The Kier molecular flexibility index (Phi) is 8.87. The van der Waals surface area contributed by atoms with Crippen LogP contribution < -0.4 is 10.6 Å². The van der Waals surface area contributed by atoms with E-state index in [9.17, 15) is 14.4 Å². The normalized spacial score (nSPS) is 16.4. The number of carbonyl (C=O) groups excluding carboxylic acids is 2. The molecule has 1 aromatic heterocycles. The van der Waals surface area contributed by atoms with Gasteiger partial charge in [-0.05, 0) is 63.7 Å². The second-order valence-electron chi connectivity index (χ2n) is 8.86. The number of aromatic nitrogens is 1. The van der Waals surface area contributed by atoms with Crippen molar-refractivity contribution in [2.24, 2.45) is 5.92 Å². The molecule has 1 atom stereocenters. The number of esters is 1. The highest BCUT2D eigenvalue weighted by Crippen LogP contribution is 2.20. The van der Waals surface area contributed by atoms with Gasteiger partial charge in [0.05, 0.1) is 13.0 Å². The predicted molar refractivity (Wildman–Crippen MR) is 123 cm³/mol. The number of ether oxygens (including phenoxy) is 1. The molecule has 0 bridgehead atoms.